The lowest BCUT2D eigenvalue weighted by molar-refractivity contribution is -0.115. The summed E-state index contributed by atoms with van der Waals surface area (Å²) >= 11 is 4.84. The van der Waals surface area contributed by atoms with Crippen LogP contribution in [0.4, 0.5) is 5.69 Å². The number of nitrogens with zero attached hydrogens (tertiary/aromatic N) is 1. The zero-order valence-electron chi connectivity index (χ0n) is 16.2. The number of carbonyl (C=O) groups is 1. The number of halogens is 1. The van der Waals surface area contributed by atoms with E-state index in [-0.39, 0.29) is 16.1 Å². The Morgan fingerprint density at radius 2 is 1.83 bits per heavy atom. The van der Waals surface area contributed by atoms with Gasteiger partial charge in [-0.25, -0.2) is 8.42 Å². The Hall–Kier alpha value is -1.39. The zero-order valence-corrected chi connectivity index (χ0v) is 19.4. The number of hydrogen-bond donors (Lipinski definition) is 1. The second-order valence-electron chi connectivity index (χ2n) is 6.70. The fraction of sp³-hybridized carbons (Fsp3) is 0.350. The van der Waals surface area contributed by atoms with Crippen molar-refractivity contribution in [2.24, 2.45) is 0 Å². The van der Waals surface area contributed by atoms with Gasteiger partial charge in [-0.15, -0.1) is 11.8 Å². The minimum absolute atomic E-state index is 0.184. The van der Waals surface area contributed by atoms with E-state index in [9.17, 15) is 13.2 Å². The Labute approximate surface area is 184 Å². The lowest BCUT2D eigenvalue weighted by Crippen LogP contribution is -2.40. The molecule has 2 aromatic rings. The van der Waals surface area contributed by atoms with Gasteiger partial charge in [-0.1, -0.05) is 22.0 Å². The predicted molar refractivity (Wildman–Crippen MR) is 119 cm³/mol. The van der Waals surface area contributed by atoms with Crippen LogP contribution in [0.2, 0.25) is 0 Å². The minimum atomic E-state index is -3.63. The zero-order chi connectivity index (χ0) is 21.0. The van der Waals surface area contributed by atoms with Crippen LogP contribution in [-0.4, -0.2) is 50.2 Å². The van der Waals surface area contributed by atoms with Gasteiger partial charge in [0.15, 0.2) is 0 Å². The van der Waals surface area contributed by atoms with Gasteiger partial charge in [0.25, 0.3) is 0 Å². The van der Waals surface area contributed by atoms with Crippen LogP contribution in [0.1, 0.15) is 12.5 Å². The summed E-state index contributed by atoms with van der Waals surface area (Å²) in [6.07, 6.45) is 0. The molecule has 0 radical (unpaired) electrons. The van der Waals surface area contributed by atoms with Crippen LogP contribution in [0.25, 0.3) is 0 Å². The summed E-state index contributed by atoms with van der Waals surface area (Å²) < 4.78 is 33.7. The molecule has 156 valence electrons. The van der Waals surface area contributed by atoms with Gasteiger partial charge < -0.3 is 10.1 Å². The minimum Gasteiger partial charge on any atom is -0.379 e. The highest BCUT2D eigenvalue weighted by Gasteiger charge is 2.28. The van der Waals surface area contributed by atoms with E-state index in [4.69, 9.17) is 4.74 Å². The number of hydrogen-bond acceptors (Lipinski definition) is 5. The number of morpholine rings is 1. The number of benzene rings is 2. The molecule has 1 heterocycles. The molecule has 1 aliphatic rings. The first-order valence-electron chi connectivity index (χ1n) is 9.19. The summed E-state index contributed by atoms with van der Waals surface area (Å²) in [6, 6.07) is 12.7. The average Bonchev–Trinajstić information content (AvgIpc) is 2.71. The smallest absolute Gasteiger partial charge is 0.243 e. The quantitative estimate of drug-likeness (QED) is 0.611. The predicted octanol–water partition coefficient (Wildman–Crippen LogP) is 3.90. The molecule has 0 saturated carbocycles. The van der Waals surface area contributed by atoms with Crippen molar-refractivity contribution in [3.8, 4) is 0 Å². The summed E-state index contributed by atoms with van der Waals surface area (Å²) in [6.45, 7) is 5.02. The molecule has 1 saturated heterocycles. The molecule has 1 N–H and O–H groups in total. The highest BCUT2D eigenvalue weighted by atomic mass is 79.9. The van der Waals surface area contributed by atoms with Crippen LogP contribution in [-0.2, 0) is 19.6 Å². The van der Waals surface area contributed by atoms with Crippen LogP contribution in [0, 0.1) is 6.92 Å². The van der Waals surface area contributed by atoms with Gasteiger partial charge in [0.1, 0.15) is 0 Å². The Bertz CT molecular complexity index is 974. The normalized spacial score (nSPS) is 16.4. The SMILES string of the molecule is Cc1ccc(NC(=O)[C@@H](C)Sc2ccc(Br)cc2)cc1S(=O)(=O)N1CCOCC1. The molecule has 0 bridgehead atoms. The highest BCUT2D eigenvalue weighted by Crippen LogP contribution is 2.27. The van der Waals surface area contributed by atoms with Crippen molar-refractivity contribution in [2.75, 3.05) is 31.6 Å². The first-order chi connectivity index (χ1) is 13.8. The molecule has 3 rings (SSSR count). The molecule has 2 aromatic carbocycles. The van der Waals surface area contributed by atoms with Gasteiger partial charge in [0.2, 0.25) is 15.9 Å². The summed E-state index contributed by atoms with van der Waals surface area (Å²) in [4.78, 5) is 13.8. The Kier molecular flexibility index (Phi) is 7.39. The second-order valence-corrected chi connectivity index (χ2v) is 10.9. The van der Waals surface area contributed by atoms with Crippen molar-refractivity contribution in [1.82, 2.24) is 4.31 Å². The van der Waals surface area contributed by atoms with E-state index in [0.717, 1.165) is 9.37 Å². The number of anilines is 1. The monoisotopic (exact) mass is 498 g/mol. The fourth-order valence-electron chi connectivity index (χ4n) is 2.90. The third-order valence-electron chi connectivity index (χ3n) is 4.54. The number of aryl methyl sites for hydroxylation is 1. The second kappa shape index (κ2) is 9.61. The summed E-state index contributed by atoms with van der Waals surface area (Å²) in [5.74, 6) is -0.184. The lowest BCUT2D eigenvalue weighted by atomic mass is 10.2. The van der Waals surface area contributed by atoms with Crippen molar-refractivity contribution < 1.29 is 17.9 Å². The highest BCUT2D eigenvalue weighted by molar-refractivity contribution is 9.10. The van der Waals surface area contributed by atoms with Crippen molar-refractivity contribution in [3.63, 3.8) is 0 Å². The number of amides is 1. The molecule has 29 heavy (non-hydrogen) atoms. The number of ether oxygens (including phenoxy) is 1. The standard InChI is InChI=1S/C20H23BrN2O4S2/c1-14-3-6-17(13-19(14)29(25,26)23-9-11-27-12-10-23)22-20(24)15(2)28-18-7-4-16(21)5-8-18/h3-8,13,15H,9-12H2,1-2H3,(H,22,24)/t15-/m1/s1. The molecule has 1 amide bonds. The lowest BCUT2D eigenvalue weighted by Gasteiger charge is -2.27. The molecular weight excluding hydrogens is 476 g/mol. The summed E-state index contributed by atoms with van der Waals surface area (Å²) in [5, 5.41) is 2.50. The van der Waals surface area contributed by atoms with E-state index in [0.29, 0.717) is 37.6 Å². The fourth-order valence-corrected chi connectivity index (χ4v) is 5.69. The number of rotatable bonds is 6. The van der Waals surface area contributed by atoms with Gasteiger partial charge in [0.05, 0.1) is 23.4 Å². The summed E-state index contributed by atoms with van der Waals surface area (Å²) in [7, 11) is -3.63. The molecule has 1 aliphatic heterocycles. The molecule has 1 fully saturated rings. The maximum absolute atomic E-state index is 13.0. The third-order valence-corrected chi connectivity index (χ3v) is 8.22. The van der Waals surface area contributed by atoms with E-state index in [2.05, 4.69) is 21.2 Å². The van der Waals surface area contributed by atoms with E-state index in [1.165, 1.54) is 22.1 Å². The van der Waals surface area contributed by atoms with Gasteiger partial charge in [-0.2, -0.15) is 4.31 Å². The Morgan fingerprint density at radius 3 is 2.48 bits per heavy atom. The topological polar surface area (TPSA) is 75.7 Å². The van der Waals surface area contributed by atoms with Crippen molar-refractivity contribution >= 4 is 49.3 Å². The molecule has 9 heteroatoms. The molecule has 0 spiro atoms. The van der Waals surface area contributed by atoms with E-state index in [1.807, 2.05) is 31.2 Å². The number of thioether (sulfide) groups is 1. The van der Waals surface area contributed by atoms with Gasteiger partial charge >= 0.3 is 0 Å². The van der Waals surface area contributed by atoms with E-state index >= 15 is 0 Å². The van der Waals surface area contributed by atoms with Crippen LogP contribution in [0.3, 0.4) is 0 Å². The Balaban J connectivity index is 1.73. The molecule has 0 aliphatic carbocycles. The largest absolute Gasteiger partial charge is 0.379 e. The van der Waals surface area contributed by atoms with Crippen molar-refractivity contribution in [1.29, 1.82) is 0 Å². The maximum Gasteiger partial charge on any atom is 0.243 e. The first-order valence-corrected chi connectivity index (χ1v) is 12.3. The van der Waals surface area contributed by atoms with Crippen LogP contribution in [0.5, 0.6) is 0 Å². The van der Waals surface area contributed by atoms with Crippen LogP contribution >= 0.6 is 27.7 Å². The van der Waals surface area contributed by atoms with Gasteiger partial charge in [-0.3, -0.25) is 4.79 Å². The van der Waals surface area contributed by atoms with E-state index in [1.54, 1.807) is 19.1 Å². The number of sulfonamides is 1. The maximum atomic E-state index is 13.0. The third kappa shape index (κ3) is 5.61. The molecule has 1 atom stereocenters. The molecule has 6 nitrogen and oxygen atoms in total. The number of nitrogens with one attached hydrogen (secondary N) is 1. The van der Waals surface area contributed by atoms with Crippen LogP contribution < -0.4 is 5.32 Å². The summed E-state index contributed by atoms with van der Waals surface area (Å²) in [5.41, 5.74) is 1.11. The van der Waals surface area contributed by atoms with Gasteiger partial charge in [-0.05, 0) is 55.8 Å². The van der Waals surface area contributed by atoms with Crippen molar-refractivity contribution in [3.05, 3.63) is 52.5 Å². The van der Waals surface area contributed by atoms with Crippen LogP contribution in [0.15, 0.2) is 56.7 Å². The first kappa shape index (κ1) is 22.3. The van der Waals surface area contributed by atoms with E-state index < -0.39 is 10.0 Å². The van der Waals surface area contributed by atoms with Gasteiger partial charge in [0, 0.05) is 28.1 Å². The Morgan fingerprint density at radius 1 is 1.17 bits per heavy atom. The molecular formula is C20H23BrN2O4S2. The average molecular weight is 499 g/mol. The molecule has 0 aromatic heterocycles. The van der Waals surface area contributed by atoms with Crippen molar-refractivity contribution in [2.45, 2.75) is 28.9 Å². The number of carbonyl (C=O) groups excluding carboxylic acids is 1. The molecule has 0 unspecified atom stereocenters.